The minimum absolute atomic E-state index is 0.00705. The smallest absolute Gasteiger partial charge is 0.255 e. The van der Waals surface area contributed by atoms with Crippen molar-refractivity contribution < 1.29 is 34.8 Å². The highest BCUT2D eigenvalue weighted by molar-refractivity contribution is 6.04. The van der Waals surface area contributed by atoms with Crippen LogP contribution >= 0.6 is 0 Å². The maximum absolute atomic E-state index is 12.8. The summed E-state index contributed by atoms with van der Waals surface area (Å²) < 4.78 is 7.26. The van der Waals surface area contributed by atoms with E-state index < -0.39 is 41.9 Å². The second-order valence-electron chi connectivity index (χ2n) is 9.75. The number of Topliss-reactive ketones (excluding diaryl/α,β-unsaturated/α-hetero) is 1. The van der Waals surface area contributed by atoms with E-state index in [0.717, 1.165) is 32.1 Å². The summed E-state index contributed by atoms with van der Waals surface area (Å²) in [4.78, 5) is 37.5. The highest BCUT2D eigenvalue weighted by Gasteiger charge is 2.43. The maximum Gasteiger partial charge on any atom is 0.255 e. The van der Waals surface area contributed by atoms with Gasteiger partial charge in [0.25, 0.3) is 5.91 Å². The number of anilines is 1. The molecule has 1 aliphatic heterocycles. The SMILES string of the molecule is Nc1ncnc2c1ncn2C1OC(C=CCNC(=O)c2ccc(C(=O)C3CCCCC3)c(O)c2O)C(O)[C@H]1O. The van der Waals surface area contributed by atoms with E-state index in [4.69, 9.17) is 10.5 Å². The summed E-state index contributed by atoms with van der Waals surface area (Å²) in [5, 5.41) is 44.4. The van der Waals surface area contributed by atoms with Crippen molar-refractivity contribution in [3.05, 3.63) is 48.1 Å². The molecule has 3 unspecified atom stereocenters. The van der Waals surface area contributed by atoms with E-state index in [0.29, 0.717) is 11.2 Å². The number of phenolic OH excluding ortho intramolecular Hbond substituents is 2. The number of ketones is 1. The fourth-order valence-electron chi connectivity index (χ4n) is 5.13. The molecule has 2 aromatic heterocycles. The number of aliphatic hydroxyl groups is 2. The summed E-state index contributed by atoms with van der Waals surface area (Å²) in [5.41, 5.74) is 6.31. The molecule has 7 N–H and O–H groups in total. The number of carbonyl (C=O) groups excluding carboxylic acids is 2. The van der Waals surface area contributed by atoms with Gasteiger partial charge in [0.05, 0.1) is 17.5 Å². The minimum atomic E-state index is -1.29. The van der Waals surface area contributed by atoms with E-state index in [1.165, 1.54) is 41.5 Å². The summed E-state index contributed by atoms with van der Waals surface area (Å²) in [5.74, 6) is -2.18. The molecule has 2 aliphatic rings. The fourth-order valence-corrected chi connectivity index (χ4v) is 5.13. The van der Waals surface area contributed by atoms with Gasteiger partial charge in [-0.3, -0.25) is 14.2 Å². The first-order valence-electron chi connectivity index (χ1n) is 12.8. The van der Waals surface area contributed by atoms with Gasteiger partial charge in [-0.1, -0.05) is 31.4 Å². The van der Waals surface area contributed by atoms with Crippen molar-refractivity contribution in [2.24, 2.45) is 5.92 Å². The molecule has 5 rings (SSSR count). The summed E-state index contributed by atoms with van der Waals surface area (Å²) in [6, 6.07) is 2.67. The van der Waals surface area contributed by atoms with Gasteiger partial charge >= 0.3 is 0 Å². The molecule has 1 amide bonds. The number of aromatic nitrogens is 4. The van der Waals surface area contributed by atoms with Gasteiger partial charge in [-0.2, -0.15) is 0 Å². The van der Waals surface area contributed by atoms with Crippen LogP contribution in [-0.2, 0) is 4.74 Å². The molecule has 2 fully saturated rings. The minimum Gasteiger partial charge on any atom is -0.504 e. The number of hydrogen-bond acceptors (Lipinski definition) is 11. The van der Waals surface area contributed by atoms with Crippen LogP contribution in [0.2, 0.25) is 0 Å². The van der Waals surface area contributed by atoms with E-state index in [2.05, 4.69) is 20.3 Å². The number of nitrogen functional groups attached to an aromatic ring is 1. The summed E-state index contributed by atoms with van der Waals surface area (Å²) in [6.07, 6.45) is 5.66. The Kier molecular flexibility index (Phi) is 7.46. The number of amides is 1. The average Bonchev–Trinajstić information content (AvgIpc) is 3.49. The third-order valence-corrected chi connectivity index (χ3v) is 7.28. The Morgan fingerprint density at radius 3 is 2.54 bits per heavy atom. The van der Waals surface area contributed by atoms with Crippen LogP contribution in [0.1, 0.15) is 59.0 Å². The number of nitrogens with one attached hydrogen (secondary N) is 1. The van der Waals surface area contributed by atoms with Crippen molar-refractivity contribution >= 4 is 28.7 Å². The average molecular weight is 539 g/mol. The Labute approximate surface area is 223 Å². The van der Waals surface area contributed by atoms with Crippen molar-refractivity contribution in [3.8, 4) is 11.5 Å². The van der Waals surface area contributed by atoms with Crippen LogP contribution in [0.3, 0.4) is 0 Å². The van der Waals surface area contributed by atoms with Crippen LogP contribution < -0.4 is 11.1 Å². The number of nitrogens with zero attached hydrogens (tertiary/aromatic N) is 4. The molecule has 1 saturated carbocycles. The number of aliphatic hydroxyl groups excluding tert-OH is 2. The quantitative estimate of drug-likeness (QED) is 0.143. The van der Waals surface area contributed by atoms with Crippen LogP contribution in [0.25, 0.3) is 11.2 Å². The van der Waals surface area contributed by atoms with Gasteiger partial charge in [-0.25, -0.2) is 15.0 Å². The molecular formula is C26H30N6O7. The Morgan fingerprint density at radius 1 is 1.05 bits per heavy atom. The third-order valence-electron chi connectivity index (χ3n) is 7.28. The van der Waals surface area contributed by atoms with Crippen molar-refractivity contribution in [3.63, 3.8) is 0 Å². The van der Waals surface area contributed by atoms with E-state index >= 15 is 0 Å². The second kappa shape index (κ2) is 11.0. The van der Waals surface area contributed by atoms with Gasteiger partial charge in [0.1, 0.15) is 30.2 Å². The van der Waals surface area contributed by atoms with E-state index in [1.807, 2.05) is 0 Å². The number of carbonyl (C=O) groups is 2. The maximum atomic E-state index is 12.8. The third kappa shape index (κ3) is 5.03. The van der Waals surface area contributed by atoms with Gasteiger partial charge in [-0.15, -0.1) is 0 Å². The molecule has 0 radical (unpaired) electrons. The monoisotopic (exact) mass is 538 g/mol. The molecule has 3 heterocycles. The largest absolute Gasteiger partial charge is 0.504 e. The van der Waals surface area contributed by atoms with Crippen LogP contribution in [-0.4, -0.2) is 76.5 Å². The molecule has 1 aromatic carbocycles. The standard InChI is InChI=1S/C26H30N6O7/c27-23-17-24(30-11-29-23)32(12-31-17)26-22(37)21(36)16(39-26)7-4-10-28-25(38)15-9-8-14(19(34)20(15)35)18(33)13-5-2-1-3-6-13/h4,7-9,11-13,16,21-22,26,34-37H,1-3,5-6,10H2,(H,28,38)(H2,27,29,30)/t16?,21?,22-,26?/m1/s1. The van der Waals surface area contributed by atoms with Crippen LogP contribution in [0.4, 0.5) is 5.82 Å². The number of ether oxygens (including phenoxy) is 1. The van der Waals surface area contributed by atoms with Crippen molar-refractivity contribution in [1.29, 1.82) is 0 Å². The Bertz CT molecular complexity index is 1420. The zero-order valence-electron chi connectivity index (χ0n) is 21.0. The fraction of sp³-hybridized carbons (Fsp3) is 0.423. The highest BCUT2D eigenvalue weighted by atomic mass is 16.6. The molecule has 0 bridgehead atoms. The molecule has 39 heavy (non-hydrogen) atoms. The molecule has 13 heteroatoms. The molecule has 206 valence electrons. The summed E-state index contributed by atoms with van der Waals surface area (Å²) >= 11 is 0. The van der Waals surface area contributed by atoms with Gasteiger partial charge < -0.3 is 36.2 Å². The lowest BCUT2D eigenvalue weighted by Crippen LogP contribution is -2.31. The van der Waals surface area contributed by atoms with E-state index in [1.54, 1.807) is 0 Å². The predicted molar refractivity (Wildman–Crippen MR) is 138 cm³/mol. The number of benzene rings is 1. The Hall–Kier alpha value is -4.07. The number of imidazole rings is 1. The van der Waals surface area contributed by atoms with Crippen LogP contribution in [0, 0.1) is 5.92 Å². The topological polar surface area (TPSA) is 206 Å². The number of nitrogens with two attached hydrogens (primary N) is 1. The molecule has 1 aliphatic carbocycles. The van der Waals surface area contributed by atoms with E-state index in [-0.39, 0.29) is 35.2 Å². The lowest BCUT2D eigenvalue weighted by Gasteiger charge is -2.21. The molecular weight excluding hydrogens is 508 g/mol. The highest BCUT2D eigenvalue weighted by Crippen LogP contribution is 2.37. The molecule has 1 saturated heterocycles. The zero-order chi connectivity index (χ0) is 27.7. The number of rotatable bonds is 7. The van der Waals surface area contributed by atoms with Crippen LogP contribution in [0.5, 0.6) is 11.5 Å². The molecule has 13 nitrogen and oxygen atoms in total. The summed E-state index contributed by atoms with van der Waals surface area (Å²) in [7, 11) is 0. The molecule has 0 spiro atoms. The lowest BCUT2D eigenvalue weighted by molar-refractivity contribution is -0.0245. The second-order valence-corrected chi connectivity index (χ2v) is 9.75. The predicted octanol–water partition coefficient (Wildman–Crippen LogP) is 1.19. The van der Waals surface area contributed by atoms with Gasteiger partial charge in [-0.05, 0) is 25.0 Å². The van der Waals surface area contributed by atoms with Crippen molar-refractivity contribution in [1.82, 2.24) is 24.8 Å². The molecule has 4 atom stereocenters. The van der Waals surface area contributed by atoms with Gasteiger partial charge in [0.15, 0.2) is 35.0 Å². The zero-order valence-corrected chi connectivity index (χ0v) is 21.0. The van der Waals surface area contributed by atoms with Gasteiger partial charge in [0, 0.05) is 12.5 Å². The summed E-state index contributed by atoms with van der Waals surface area (Å²) in [6.45, 7) is -0.00705. The number of aromatic hydroxyl groups is 2. The van der Waals surface area contributed by atoms with Gasteiger partial charge in [0.2, 0.25) is 0 Å². The van der Waals surface area contributed by atoms with Crippen LogP contribution in [0.15, 0.2) is 36.9 Å². The number of phenols is 2. The first-order valence-corrected chi connectivity index (χ1v) is 12.8. The van der Waals surface area contributed by atoms with E-state index in [9.17, 15) is 30.0 Å². The van der Waals surface area contributed by atoms with Crippen molar-refractivity contribution in [2.45, 2.75) is 56.6 Å². The Balaban J connectivity index is 1.20. The number of hydrogen-bond donors (Lipinski definition) is 6. The number of fused-ring (bicyclic) bond motifs is 1. The van der Waals surface area contributed by atoms with Crippen molar-refractivity contribution in [2.75, 3.05) is 12.3 Å². The molecule has 3 aromatic rings. The lowest BCUT2D eigenvalue weighted by atomic mass is 9.83. The normalized spacial score (nSPS) is 23.9. The first kappa shape index (κ1) is 26.5. The first-order chi connectivity index (χ1) is 18.8. The Morgan fingerprint density at radius 2 is 1.77 bits per heavy atom.